The molecule has 0 radical (unpaired) electrons. The number of aryl methyl sites for hydroxylation is 2. The first kappa shape index (κ1) is 16.1. The molecular weight excluding hydrogens is 324 g/mol. The highest BCUT2D eigenvalue weighted by atomic mass is 16.5. The molecule has 0 unspecified atom stereocenters. The van der Waals surface area contributed by atoms with Crippen molar-refractivity contribution in [1.82, 2.24) is 9.55 Å². The molecule has 4 aromatic rings. The minimum absolute atomic E-state index is 0.115. The maximum absolute atomic E-state index is 12.7. The van der Waals surface area contributed by atoms with E-state index in [-0.39, 0.29) is 5.56 Å². The minimum Gasteiger partial charge on any atom is -0.457 e. The molecule has 0 amide bonds. The molecule has 0 aliphatic carbocycles. The fourth-order valence-electron chi connectivity index (χ4n) is 2.89. The Morgan fingerprint density at radius 1 is 0.846 bits per heavy atom. The van der Waals surface area contributed by atoms with Gasteiger partial charge in [-0.2, -0.15) is 0 Å². The van der Waals surface area contributed by atoms with Crippen LogP contribution in [0.15, 0.2) is 77.6 Å². The number of nitrogens with zero attached hydrogens (tertiary/aromatic N) is 2. The molecule has 0 saturated heterocycles. The predicted molar refractivity (Wildman–Crippen MR) is 104 cm³/mol. The van der Waals surface area contributed by atoms with Crippen LogP contribution in [0.25, 0.3) is 22.3 Å². The zero-order valence-electron chi connectivity index (χ0n) is 14.6. The normalized spacial score (nSPS) is 10.8. The number of hydrogen-bond acceptors (Lipinski definition) is 3. The van der Waals surface area contributed by atoms with Gasteiger partial charge in [0.15, 0.2) is 0 Å². The first-order valence-corrected chi connectivity index (χ1v) is 8.42. The standard InChI is InChI=1S/C22H18N2O2/c1-15-7-11-17(12-8-15)26-18-13-9-16(10-14-18)21-22(25)24(2)20-6-4-3-5-19(20)23-21/h3-14H,1-2H3. The molecule has 0 saturated carbocycles. The van der Waals surface area contributed by atoms with Crippen molar-refractivity contribution < 1.29 is 4.74 Å². The highest BCUT2D eigenvalue weighted by Crippen LogP contribution is 2.25. The predicted octanol–water partition coefficient (Wildman–Crippen LogP) is 4.70. The van der Waals surface area contributed by atoms with Gasteiger partial charge in [0.25, 0.3) is 5.56 Å². The van der Waals surface area contributed by atoms with Crippen LogP contribution in [0, 0.1) is 6.92 Å². The van der Waals surface area contributed by atoms with Crippen molar-refractivity contribution in [3.8, 4) is 22.8 Å². The molecule has 0 bridgehead atoms. The largest absolute Gasteiger partial charge is 0.457 e. The fourth-order valence-corrected chi connectivity index (χ4v) is 2.89. The lowest BCUT2D eigenvalue weighted by Gasteiger charge is -2.09. The number of ether oxygens (including phenoxy) is 1. The summed E-state index contributed by atoms with van der Waals surface area (Å²) in [6.07, 6.45) is 0. The van der Waals surface area contributed by atoms with E-state index in [1.165, 1.54) is 5.56 Å². The van der Waals surface area contributed by atoms with Gasteiger partial charge < -0.3 is 9.30 Å². The topological polar surface area (TPSA) is 44.1 Å². The van der Waals surface area contributed by atoms with E-state index in [2.05, 4.69) is 4.98 Å². The summed E-state index contributed by atoms with van der Waals surface area (Å²) in [4.78, 5) is 17.2. The van der Waals surface area contributed by atoms with E-state index in [4.69, 9.17) is 4.74 Å². The molecule has 4 nitrogen and oxygen atoms in total. The van der Waals surface area contributed by atoms with E-state index < -0.39 is 0 Å². The highest BCUT2D eigenvalue weighted by molar-refractivity contribution is 5.77. The van der Waals surface area contributed by atoms with Gasteiger partial charge in [0, 0.05) is 12.6 Å². The van der Waals surface area contributed by atoms with E-state index >= 15 is 0 Å². The van der Waals surface area contributed by atoms with E-state index in [0.717, 1.165) is 28.1 Å². The van der Waals surface area contributed by atoms with Crippen LogP contribution in [-0.4, -0.2) is 9.55 Å². The third kappa shape index (κ3) is 2.97. The van der Waals surface area contributed by atoms with Crippen LogP contribution in [0.4, 0.5) is 0 Å². The van der Waals surface area contributed by atoms with Crippen LogP contribution in [0.1, 0.15) is 5.56 Å². The Morgan fingerprint density at radius 2 is 1.46 bits per heavy atom. The third-order valence-corrected chi connectivity index (χ3v) is 4.37. The molecule has 3 aromatic carbocycles. The first-order valence-electron chi connectivity index (χ1n) is 8.42. The molecule has 4 heteroatoms. The van der Waals surface area contributed by atoms with Gasteiger partial charge in [0.2, 0.25) is 0 Å². The maximum atomic E-state index is 12.7. The quantitative estimate of drug-likeness (QED) is 0.542. The van der Waals surface area contributed by atoms with E-state index in [9.17, 15) is 4.79 Å². The molecular formula is C22H18N2O2. The summed E-state index contributed by atoms with van der Waals surface area (Å²) in [7, 11) is 1.77. The highest BCUT2D eigenvalue weighted by Gasteiger charge is 2.10. The van der Waals surface area contributed by atoms with Crippen LogP contribution < -0.4 is 10.3 Å². The smallest absolute Gasteiger partial charge is 0.277 e. The van der Waals surface area contributed by atoms with Crippen molar-refractivity contribution in [2.45, 2.75) is 6.92 Å². The van der Waals surface area contributed by atoms with Crippen molar-refractivity contribution in [3.05, 3.63) is 88.7 Å². The van der Waals surface area contributed by atoms with Crippen molar-refractivity contribution in [2.75, 3.05) is 0 Å². The van der Waals surface area contributed by atoms with Gasteiger partial charge in [-0.05, 0) is 55.5 Å². The van der Waals surface area contributed by atoms with Crippen molar-refractivity contribution in [1.29, 1.82) is 0 Å². The first-order chi connectivity index (χ1) is 12.6. The zero-order valence-corrected chi connectivity index (χ0v) is 14.6. The monoisotopic (exact) mass is 342 g/mol. The lowest BCUT2D eigenvalue weighted by Crippen LogP contribution is -2.20. The van der Waals surface area contributed by atoms with Crippen LogP contribution in [0.3, 0.4) is 0 Å². The van der Waals surface area contributed by atoms with E-state index in [1.807, 2.05) is 79.7 Å². The average molecular weight is 342 g/mol. The summed E-state index contributed by atoms with van der Waals surface area (Å²) in [6, 6.07) is 22.9. The van der Waals surface area contributed by atoms with Crippen LogP contribution >= 0.6 is 0 Å². The Kier molecular flexibility index (Phi) is 4.01. The lowest BCUT2D eigenvalue weighted by atomic mass is 10.1. The molecule has 1 aromatic heterocycles. The molecule has 0 atom stereocenters. The molecule has 0 aliphatic rings. The number of hydrogen-bond donors (Lipinski definition) is 0. The molecule has 128 valence electrons. The Bertz CT molecular complexity index is 1130. The van der Waals surface area contributed by atoms with Crippen molar-refractivity contribution in [2.24, 2.45) is 7.05 Å². The average Bonchev–Trinajstić information content (AvgIpc) is 2.67. The van der Waals surface area contributed by atoms with Gasteiger partial charge in [0.05, 0.1) is 11.0 Å². The molecule has 0 aliphatic heterocycles. The Hall–Kier alpha value is -3.40. The Balaban J connectivity index is 1.69. The number of fused-ring (bicyclic) bond motifs is 1. The Morgan fingerprint density at radius 3 is 2.15 bits per heavy atom. The van der Waals surface area contributed by atoms with Gasteiger partial charge in [-0.3, -0.25) is 4.79 Å². The molecule has 0 spiro atoms. The third-order valence-electron chi connectivity index (χ3n) is 4.37. The van der Waals surface area contributed by atoms with Crippen LogP contribution in [-0.2, 0) is 7.05 Å². The second-order valence-corrected chi connectivity index (χ2v) is 6.25. The number of benzene rings is 3. The summed E-state index contributed by atoms with van der Waals surface area (Å²) in [5, 5.41) is 0. The van der Waals surface area contributed by atoms with Crippen molar-refractivity contribution in [3.63, 3.8) is 0 Å². The second-order valence-electron chi connectivity index (χ2n) is 6.25. The van der Waals surface area contributed by atoms with Crippen molar-refractivity contribution >= 4 is 11.0 Å². The summed E-state index contributed by atoms with van der Waals surface area (Å²) in [5.74, 6) is 1.50. The molecule has 0 N–H and O–H groups in total. The number of para-hydroxylation sites is 2. The zero-order chi connectivity index (χ0) is 18.1. The van der Waals surface area contributed by atoms with Crippen LogP contribution in [0.5, 0.6) is 11.5 Å². The van der Waals surface area contributed by atoms with E-state index in [0.29, 0.717) is 5.69 Å². The van der Waals surface area contributed by atoms with Gasteiger partial charge in [-0.15, -0.1) is 0 Å². The maximum Gasteiger partial charge on any atom is 0.277 e. The van der Waals surface area contributed by atoms with E-state index in [1.54, 1.807) is 11.6 Å². The second kappa shape index (κ2) is 6.48. The van der Waals surface area contributed by atoms with Crippen LogP contribution in [0.2, 0.25) is 0 Å². The number of aromatic nitrogens is 2. The van der Waals surface area contributed by atoms with Gasteiger partial charge in [-0.1, -0.05) is 29.8 Å². The summed E-state index contributed by atoms with van der Waals surface area (Å²) >= 11 is 0. The van der Waals surface area contributed by atoms with Gasteiger partial charge >= 0.3 is 0 Å². The minimum atomic E-state index is -0.115. The number of rotatable bonds is 3. The Labute approximate surface area is 151 Å². The summed E-state index contributed by atoms with van der Waals surface area (Å²) < 4.78 is 7.48. The SMILES string of the molecule is Cc1ccc(Oc2ccc(-c3nc4ccccc4n(C)c3=O)cc2)cc1. The summed E-state index contributed by atoms with van der Waals surface area (Å²) in [6.45, 7) is 2.04. The van der Waals surface area contributed by atoms with Gasteiger partial charge in [-0.25, -0.2) is 4.98 Å². The lowest BCUT2D eigenvalue weighted by molar-refractivity contribution is 0.482. The molecule has 0 fully saturated rings. The van der Waals surface area contributed by atoms with Gasteiger partial charge in [0.1, 0.15) is 17.2 Å². The fraction of sp³-hybridized carbons (Fsp3) is 0.0909. The molecule has 1 heterocycles. The molecule has 4 rings (SSSR count). The summed E-state index contributed by atoms with van der Waals surface area (Å²) in [5.41, 5.74) is 3.90. The molecule has 26 heavy (non-hydrogen) atoms.